The number of carbonyl (C=O) groups excluding carboxylic acids is 1. The molecule has 2 fully saturated rings. The van der Waals surface area contributed by atoms with Gasteiger partial charge in [-0.1, -0.05) is 6.92 Å². The van der Waals surface area contributed by atoms with Gasteiger partial charge in [0.25, 0.3) is 0 Å². The fourth-order valence-corrected chi connectivity index (χ4v) is 3.18. The molecule has 0 amide bonds. The Morgan fingerprint density at radius 3 is 2.50 bits per heavy atom. The number of aliphatic imine (C=N–C) groups is 1. The van der Waals surface area contributed by atoms with E-state index in [0.29, 0.717) is 0 Å². The highest BCUT2D eigenvalue weighted by atomic mass is 16.5. The van der Waals surface area contributed by atoms with Crippen molar-refractivity contribution in [3.8, 4) is 0 Å². The molecular formula is C16H30N4O2. The smallest absolute Gasteiger partial charge is 0.308 e. The van der Waals surface area contributed by atoms with Crippen LogP contribution in [0, 0.1) is 5.92 Å². The highest BCUT2D eigenvalue weighted by Gasteiger charge is 2.28. The molecule has 0 aromatic carbocycles. The lowest BCUT2D eigenvalue weighted by Crippen LogP contribution is -2.48. The second kappa shape index (κ2) is 8.36. The lowest BCUT2D eigenvalue weighted by molar-refractivity contribution is -0.146. The number of likely N-dealkylation sites (N-methyl/N-ethyl adjacent to an activating group) is 1. The lowest BCUT2D eigenvalue weighted by Gasteiger charge is -2.33. The van der Waals surface area contributed by atoms with Gasteiger partial charge in [0.05, 0.1) is 13.0 Å². The Labute approximate surface area is 133 Å². The highest BCUT2D eigenvalue weighted by Crippen LogP contribution is 2.25. The number of methoxy groups -OCH3 is 1. The van der Waals surface area contributed by atoms with Gasteiger partial charge in [-0.2, -0.15) is 0 Å². The van der Waals surface area contributed by atoms with Crippen LogP contribution in [0.4, 0.5) is 0 Å². The molecule has 1 aliphatic heterocycles. The van der Waals surface area contributed by atoms with Gasteiger partial charge < -0.3 is 15.0 Å². The molecule has 1 heterocycles. The highest BCUT2D eigenvalue weighted by molar-refractivity contribution is 5.80. The van der Waals surface area contributed by atoms with E-state index >= 15 is 0 Å². The van der Waals surface area contributed by atoms with Crippen molar-refractivity contribution in [2.75, 3.05) is 46.9 Å². The van der Waals surface area contributed by atoms with Gasteiger partial charge in [-0.05, 0) is 32.2 Å². The monoisotopic (exact) mass is 310 g/mol. The molecule has 0 bridgehead atoms. The minimum Gasteiger partial charge on any atom is -0.469 e. The van der Waals surface area contributed by atoms with E-state index in [9.17, 15) is 4.79 Å². The number of carbonyl (C=O) groups is 1. The number of nitrogens with zero attached hydrogens (tertiary/aromatic N) is 3. The number of piperidine rings is 1. The standard InChI is InChI=1S/C16H30N4O2/c1-4-19(14-5-6-14)12-9-18-16(17-2)20-10-7-13(8-11-20)15(21)22-3/h13-14H,4-12H2,1-3H3,(H,17,18). The van der Waals surface area contributed by atoms with Gasteiger partial charge in [-0.3, -0.25) is 14.7 Å². The van der Waals surface area contributed by atoms with Gasteiger partial charge in [-0.25, -0.2) is 0 Å². The van der Waals surface area contributed by atoms with E-state index in [-0.39, 0.29) is 11.9 Å². The fourth-order valence-electron chi connectivity index (χ4n) is 3.18. The number of nitrogens with one attached hydrogen (secondary N) is 1. The van der Waals surface area contributed by atoms with Gasteiger partial charge in [0.2, 0.25) is 0 Å². The zero-order valence-electron chi connectivity index (χ0n) is 14.2. The maximum absolute atomic E-state index is 11.6. The molecule has 0 aromatic rings. The molecule has 0 atom stereocenters. The third-order valence-corrected chi connectivity index (χ3v) is 4.69. The first-order chi connectivity index (χ1) is 10.7. The van der Waals surface area contributed by atoms with Crippen LogP contribution in [0.25, 0.3) is 0 Å². The number of guanidine groups is 1. The average Bonchev–Trinajstić information content (AvgIpc) is 3.39. The predicted octanol–water partition coefficient (Wildman–Crippen LogP) is 0.931. The van der Waals surface area contributed by atoms with Crippen molar-refractivity contribution in [2.24, 2.45) is 10.9 Å². The minimum absolute atomic E-state index is 0.0461. The molecule has 2 rings (SSSR count). The molecule has 0 aromatic heterocycles. The first-order valence-corrected chi connectivity index (χ1v) is 8.47. The minimum atomic E-state index is -0.0781. The molecule has 126 valence electrons. The van der Waals surface area contributed by atoms with Crippen LogP contribution in [0.2, 0.25) is 0 Å². The van der Waals surface area contributed by atoms with Crippen LogP contribution in [0.5, 0.6) is 0 Å². The van der Waals surface area contributed by atoms with E-state index in [1.54, 1.807) is 0 Å². The van der Waals surface area contributed by atoms with Crippen molar-refractivity contribution in [2.45, 2.75) is 38.6 Å². The van der Waals surface area contributed by atoms with E-state index < -0.39 is 0 Å². The Kier molecular flexibility index (Phi) is 6.49. The molecule has 0 radical (unpaired) electrons. The summed E-state index contributed by atoms with van der Waals surface area (Å²) in [5.74, 6) is 0.922. The third kappa shape index (κ3) is 4.60. The summed E-state index contributed by atoms with van der Waals surface area (Å²) in [6.45, 7) is 7.06. The molecule has 6 heteroatoms. The van der Waals surface area contributed by atoms with Gasteiger partial charge in [0.1, 0.15) is 0 Å². The molecular weight excluding hydrogens is 280 g/mol. The summed E-state index contributed by atoms with van der Waals surface area (Å²) in [6.07, 6.45) is 4.39. The maximum Gasteiger partial charge on any atom is 0.308 e. The first kappa shape index (κ1) is 17.1. The van der Waals surface area contributed by atoms with E-state index in [0.717, 1.165) is 57.6 Å². The predicted molar refractivity (Wildman–Crippen MR) is 87.9 cm³/mol. The van der Waals surface area contributed by atoms with Crippen molar-refractivity contribution in [3.05, 3.63) is 0 Å². The number of esters is 1. The first-order valence-electron chi connectivity index (χ1n) is 8.47. The topological polar surface area (TPSA) is 57.2 Å². The van der Waals surface area contributed by atoms with Crippen LogP contribution >= 0.6 is 0 Å². The molecule has 1 saturated carbocycles. The second-order valence-electron chi connectivity index (χ2n) is 6.12. The number of hydrogen-bond donors (Lipinski definition) is 1. The van der Waals surface area contributed by atoms with E-state index in [2.05, 4.69) is 27.0 Å². The normalized spacial score (nSPS) is 20.4. The molecule has 2 aliphatic rings. The molecule has 1 aliphatic carbocycles. The zero-order chi connectivity index (χ0) is 15.9. The van der Waals surface area contributed by atoms with Crippen LogP contribution < -0.4 is 5.32 Å². The lowest BCUT2D eigenvalue weighted by atomic mass is 9.97. The Hall–Kier alpha value is -1.30. The number of likely N-dealkylation sites (tertiary alicyclic amines) is 1. The number of hydrogen-bond acceptors (Lipinski definition) is 4. The zero-order valence-corrected chi connectivity index (χ0v) is 14.2. The van der Waals surface area contributed by atoms with Gasteiger partial charge in [-0.15, -0.1) is 0 Å². The van der Waals surface area contributed by atoms with Gasteiger partial charge >= 0.3 is 5.97 Å². The van der Waals surface area contributed by atoms with E-state index in [4.69, 9.17) is 4.74 Å². The van der Waals surface area contributed by atoms with Crippen LogP contribution in [-0.4, -0.2) is 74.7 Å². The molecule has 1 N–H and O–H groups in total. The summed E-state index contributed by atoms with van der Waals surface area (Å²) < 4.78 is 4.83. The SMILES string of the molecule is CCN(CCNC(=NC)N1CCC(C(=O)OC)CC1)C1CC1. The summed E-state index contributed by atoms with van der Waals surface area (Å²) in [7, 11) is 3.29. The Morgan fingerprint density at radius 1 is 1.32 bits per heavy atom. The van der Waals surface area contributed by atoms with Crippen LogP contribution in [-0.2, 0) is 9.53 Å². The van der Waals surface area contributed by atoms with E-state index in [1.165, 1.54) is 20.0 Å². The largest absolute Gasteiger partial charge is 0.469 e. The van der Waals surface area contributed by atoms with Crippen molar-refractivity contribution in [1.29, 1.82) is 0 Å². The summed E-state index contributed by atoms with van der Waals surface area (Å²) in [5.41, 5.74) is 0. The van der Waals surface area contributed by atoms with Crippen LogP contribution in [0.1, 0.15) is 32.6 Å². The molecule has 0 unspecified atom stereocenters. The average molecular weight is 310 g/mol. The van der Waals surface area contributed by atoms with Gasteiger partial charge in [0.15, 0.2) is 5.96 Å². The van der Waals surface area contributed by atoms with Crippen molar-refractivity contribution in [1.82, 2.24) is 15.1 Å². The fraction of sp³-hybridized carbons (Fsp3) is 0.875. The Bertz CT molecular complexity index is 388. The van der Waals surface area contributed by atoms with Crippen molar-refractivity contribution < 1.29 is 9.53 Å². The summed E-state index contributed by atoms with van der Waals surface area (Å²) in [5, 5.41) is 3.46. The van der Waals surface area contributed by atoms with Gasteiger partial charge in [0, 0.05) is 39.3 Å². The third-order valence-electron chi connectivity index (χ3n) is 4.69. The quantitative estimate of drug-likeness (QED) is 0.449. The van der Waals surface area contributed by atoms with Crippen LogP contribution in [0.15, 0.2) is 4.99 Å². The second-order valence-corrected chi connectivity index (χ2v) is 6.12. The Morgan fingerprint density at radius 2 is 2.00 bits per heavy atom. The number of rotatable bonds is 6. The molecule has 22 heavy (non-hydrogen) atoms. The molecule has 1 saturated heterocycles. The molecule has 0 spiro atoms. The van der Waals surface area contributed by atoms with E-state index in [1.807, 2.05) is 7.05 Å². The van der Waals surface area contributed by atoms with Crippen LogP contribution in [0.3, 0.4) is 0 Å². The van der Waals surface area contributed by atoms with Crippen molar-refractivity contribution >= 4 is 11.9 Å². The maximum atomic E-state index is 11.6. The number of ether oxygens (including phenoxy) is 1. The Balaban J connectivity index is 1.72. The van der Waals surface area contributed by atoms with Crippen molar-refractivity contribution in [3.63, 3.8) is 0 Å². The summed E-state index contributed by atoms with van der Waals surface area (Å²) in [6, 6.07) is 0.810. The molecule has 6 nitrogen and oxygen atoms in total. The summed E-state index contributed by atoms with van der Waals surface area (Å²) in [4.78, 5) is 20.7. The summed E-state index contributed by atoms with van der Waals surface area (Å²) >= 11 is 0.